The van der Waals surface area contributed by atoms with Crippen molar-refractivity contribution in [3.63, 3.8) is 0 Å². The van der Waals surface area contributed by atoms with Crippen LogP contribution in [0, 0.1) is 13.8 Å². The summed E-state index contributed by atoms with van der Waals surface area (Å²) in [6.07, 6.45) is 4.89. The van der Waals surface area contributed by atoms with E-state index in [9.17, 15) is 4.79 Å². The van der Waals surface area contributed by atoms with Crippen molar-refractivity contribution in [2.24, 2.45) is 0 Å². The Labute approximate surface area is 129 Å². The van der Waals surface area contributed by atoms with E-state index in [2.05, 4.69) is 15.4 Å². The van der Waals surface area contributed by atoms with Crippen molar-refractivity contribution in [3.05, 3.63) is 41.2 Å². The van der Waals surface area contributed by atoms with Gasteiger partial charge in [0.2, 0.25) is 0 Å². The Morgan fingerprint density at radius 2 is 2.18 bits per heavy atom. The molecular formula is C16H21N3O3. The molecule has 0 unspecified atom stereocenters. The SMILES string of the molecule is Cc1noc(C)c1CN1CCC(NC(=O)c2ccoc2)CC1. The van der Waals surface area contributed by atoms with E-state index in [4.69, 9.17) is 8.94 Å². The summed E-state index contributed by atoms with van der Waals surface area (Å²) in [4.78, 5) is 14.4. The first-order chi connectivity index (χ1) is 10.6. The number of carbonyl (C=O) groups excluding carboxylic acids is 1. The highest BCUT2D eigenvalue weighted by Crippen LogP contribution is 2.18. The molecule has 1 amide bonds. The second-order valence-electron chi connectivity index (χ2n) is 5.84. The molecule has 0 aromatic carbocycles. The predicted molar refractivity (Wildman–Crippen MR) is 80.5 cm³/mol. The number of hydrogen-bond donors (Lipinski definition) is 1. The summed E-state index contributed by atoms with van der Waals surface area (Å²) in [6.45, 7) is 6.71. The Balaban J connectivity index is 1.49. The standard InChI is InChI=1S/C16H21N3O3/c1-11-15(12(2)22-18-11)9-19-6-3-14(4-7-19)17-16(20)13-5-8-21-10-13/h5,8,10,14H,3-4,6-7,9H2,1-2H3,(H,17,20). The Bertz CT molecular complexity index is 606. The zero-order valence-electron chi connectivity index (χ0n) is 13.0. The third-order valence-electron chi connectivity index (χ3n) is 4.27. The molecule has 1 fully saturated rings. The monoisotopic (exact) mass is 303 g/mol. The van der Waals surface area contributed by atoms with E-state index in [1.165, 1.54) is 18.1 Å². The number of aryl methyl sites for hydroxylation is 2. The number of piperidine rings is 1. The summed E-state index contributed by atoms with van der Waals surface area (Å²) in [5.74, 6) is 0.839. The zero-order valence-corrected chi connectivity index (χ0v) is 13.0. The molecule has 1 N–H and O–H groups in total. The molecule has 3 rings (SSSR count). The van der Waals surface area contributed by atoms with Gasteiger partial charge in [-0.05, 0) is 32.8 Å². The smallest absolute Gasteiger partial charge is 0.254 e. The third kappa shape index (κ3) is 3.22. The van der Waals surface area contributed by atoms with Crippen LogP contribution in [0.25, 0.3) is 0 Å². The number of carbonyl (C=O) groups is 1. The van der Waals surface area contributed by atoms with Crippen LogP contribution in [0.3, 0.4) is 0 Å². The minimum atomic E-state index is -0.0575. The highest BCUT2D eigenvalue weighted by molar-refractivity contribution is 5.93. The van der Waals surface area contributed by atoms with Gasteiger partial charge in [0.1, 0.15) is 12.0 Å². The van der Waals surface area contributed by atoms with Gasteiger partial charge >= 0.3 is 0 Å². The molecule has 0 spiro atoms. The largest absolute Gasteiger partial charge is 0.472 e. The maximum atomic E-state index is 12.0. The van der Waals surface area contributed by atoms with E-state index in [1.807, 2.05) is 13.8 Å². The molecule has 1 aliphatic rings. The number of rotatable bonds is 4. The minimum absolute atomic E-state index is 0.0575. The van der Waals surface area contributed by atoms with Crippen LogP contribution in [-0.4, -0.2) is 35.1 Å². The minimum Gasteiger partial charge on any atom is -0.472 e. The molecule has 2 aromatic heterocycles. The van der Waals surface area contributed by atoms with Crippen molar-refractivity contribution in [2.75, 3.05) is 13.1 Å². The van der Waals surface area contributed by atoms with Crippen molar-refractivity contribution >= 4 is 5.91 Å². The molecule has 0 atom stereocenters. The number of likely N-dealkylation sites (tertiary alicyclic amines) is 1. The highest BCUT2D eigenvalue weighted by atomic mass is 16.5. The summed E-state index contributed by atoms with van der Waals surface area (Å²) in [5, 5.41) is 7.06. The van der Waals surface area contributed by atoms with Crippen LogP contribution >= 0.6 is 0 Å². The fourth-order valence-electron chi connectivity index (χ4n) is 2.85. The maximum absolute atomic E-state index is 12.0. The third-order valence-corrected chi connectivity index (χ3v) is 4.27. The maximum Gasteiger partial charge on any atom is 0.254 e. The summed E-state index contributed by atoms with van der Waals surface area (Å²) in [5.41, 5.74) is 2.73. The van der Waals surface area contributed by atoms with Crippen LogP contribution in [0.15, 0.2) is 27.5 Å². The second kappa shape index (κ2) is 6.36. The van der Waals surface area contributed by atoms with Crippen LogP contribution in [-0.2, 0) is 6.54 Å². The van der Waals surface area contributed by atoms with Crippen molar-refractivity contribution < 1.29 is 13.7 Å². The van der Waals surface area contributed by atoms with Crippen LogP contribution in [0.1, 0.15) is 40.2 Å². The van der Waals surface area contributed by atoms with Crippen LogP contribution in [0.4, 0.5) is 0 Å². The van der Waals surface area contributed by atoms with Gasteiger partial charge in [-0.3, -0.25) is 9.69 Å². The predicted octanol–water partition coefficient (Wildman–Crippen LogP) is 2.28. The molecule has 6 nitrogen and oxygen atoms in total. The van der Waals surface area contributed by atoms with Gasteiger partial charge in [0.25, 0.3) is 5.91 Å². The lowest BCUT2D eigenvalue weighted by Crippen LogP contribution is -2.44. The molecule has 118 valence electrons. The van der Waals surface area contributed by atoms with Crippen molar-refractivity contribution in [1.29, 1.82) is 0 Å². The van der Waals surface area contributed by atoms with Crippen molar-refractivity contribution in [3.8, 4) is 0 Å². The lowest BCUT2D eigenvalue weighted by molar-refractivity contribution is 0.0908. The Morgan fingerprint density at radius 3 is 2.77 bits per heavy atom. The molecule has 2 aromatic rings. The molecule has 1 saturated heterocycles. The van der Waals surface area contributed by atoms with E-state index in [0.717, 1.165) is 43.9 Å². The van der Waals surface area contributed by atoms with E-state index >= 15 is 0 Å². The highest BCUT2D eigenvalue weighted by Gasteiger charge is 2.23. The Hall–Kier alpha value is -2.08. The molecule has 3 heterocycles. The fourth-order valence-corrected chi connectivity index (χ4v) is 2.85. The first kappa shape index (κ1) is 14.8. The topological polar surface area (TPSA) is 71.5 Å². The number of nitrogens with zero attached hydrogens (tertiary/aromatic N) is 2. The average Bonchev–Trinajstić information content (AvgIpc) is 3.15. The molecule has 0 aliphatic carbocycles. The van der Waals surface area contributed by atoms with E-state index in [-0.39, 0.29) is 11.9 Å². The molecule has 6 heteroatoms. The van der Waals surface area contributed by atoms with E-state index in [0.29, 0.717) is 5.56 Å². The van der Waals surface area contributed by atoms with E-state index in [1.54, 1.807) is 6.07 Å². The molecule has 0 radical (unpaired) electrons. The fraction of sp³-hybridized carbons (Fsp3) is 0.500. The number of amides is 1. The summed E-state index contributed by atoms with van der Waals surface area (Å²) in [7, 11) is 0. The van der Waals surface area contributed by atoms with E-state index < -0.39 is 0 Å². The molecule has 0 saturated carbocycles. The number of nitrogens with one attached hydrogen (secondary N) is 1. The molecule has 1 aliphatic heterocycles. The quantitative estimate of drug-likeness (QED) is 0.938. The molecule has 22 heavy (non-hydrogen) atoms. The van der Waals surface area contributed by atoms with Gasteiger partial charge in [-0.1, -0.05) is 5.16 Å². The van der Waals surface area contributed by atoms with Gasteiger partial charge in [0, 0.05) is 31.2 Å². The van der Waals surface area contributed by atoms with Crippen LogP contribution < -0.4 is 5.32 Å². The van der Waals surface area contributed by atoms with Crippen molar-refractivity contribution in [2.45, 2.75) is 39.3 Å². The van der Waals surface area contributed by atoms with Crippen molar-refractivity contribution in [1.82, 2.24) is 15.4 Å². The molecule has 0 bridgehead atoms. The Kier molecular flexibility index (Phi) is 4.29. The summed E-state index contributed by atoms with van der Waals surface area (Å²) >= 11 is 0. The lowest BCUT2D eigenvalue weighted by atomic mass is 10.0. The zero-order chi connectivity index (χ0) is 15.5. The summed E-state index contributed by atoms with van der Waals surface area (Å²) in [6, 6.07) is 1.91. The van der Waals surface area contributed by atoms with Gasteiger partial charge in [-0.2, -0.15) is 0 Å². The van der Waals surface area contributed by atoms with Crippen LogP contribution in [0.5, 0.6) is 0 Å². The van der Waals surface area contributed by atoms with Gasteiger partial charge in [-0.15, -0.1) is 0 Å². The average molecular weight is 303 g/mol. The molecular weight excluding hydrogens is 282 g/mol. The van der Waals surface area contributed by atoms with Gasteiger partial charge in [0.05, 0.1) is 17.5 Å². The Morgan fingerprint density at radius 1 is 1.41 bits per heavy atom. The normalized spacial score (nSPS) is 16.8. The van der Waals surface area contributed by atoms with Gasteiger partial charge < -0.3 is 14.3 Å². The number of hydrogen-bond acceptors (Lipinski definition) is 5. The second-order valence-corrected chi connectivity index (χ2v) is 5.84. The summed E-state index contributed by atoms with van der Waals surface area (Å²) < 4.78 is 10.1. The van der Waals surface area contributed by atoms with Crippen LogP contribution in [0.2, 0.25) is 0 Å². The first-order valence-corrected chi connectivity index (χ1v) is 7.60. The first-order valence-electron chi connectivity index (χ1n) is 7.60. The van der Waals surface area contributed by atoms with Gasteiger partial charge in [-0.25, -0.2) is 0 Å². The number of furan rings is 1. The number of aromatic nitrogens is 1. The lowest BCUT2D eigenvalue weighted by Gasteiger charge is -2.32. The van der Waals surface area contributed by atoms with Gasteiger partial charge in [0.15, 0.2) is 0 Å².